The third-order valence-corrected chi connectivity index (χ3v) is 4.14. The summed E-state index contributed by atoms with van der Waals surface area (Å²) in [6.07, 6.45) is 3.10. The Balaban J connectivity index is 2.07. The largest absolute Gasteiger partial charge is 0.321 e. The van der Waals surface area contributed by atoms with E-state index in [2.05, 4.69) is 35.1 Å². The predicted octanol–water partition coefficient (Wildman–Crippen LogP) is 5.13. The van der Waals surface area contributed by atoms with E-state index in [1.54, 1.807) is 6.08 Å². The first-order valence-corrected chi connectivity index (χ1v) is 8.19. The van der Waals surface area contributed by atoms with Crippen LogP contribution in [-0.2, 0) is 4.79 Å². The SMILES string of the molecule is CC(C)c1ccc(/C=C/C(=O)Nc2cc([N+](=O)[O-])ccc2Br)cc1. The molecule has 1 amide bonds. The van der Waals surface area contributed by atoms with Crippen molar-refractivity contribution in [1.82, 2.24) is 0 Å². The minimum Gasteiger partial charge on any atom is -0.321 e. The van der Waals surface area contributed by atoms with Gasteiger partial charge in [-0.1, -0.05) is 38.1 Å². The molecule has 0 spiro atoms. The van der Waals surface area contributed by atoms with Gasteiger partial charge in [0.2, 0.25) is 5.91 Å². The van der Waals surface area contributed by atoms with Crippen LogP contribution >= 0.6 is 15.9 Å². The number of anilines is 1. The van der Waals surface area contributed by atoms with Gasteiger partial charge >= 0.3 is 0 Å². The van der Waals surface area contributed by atoms with Crippen molar-refractivity contribution in [2.24, 2.45) is 0 Å². The molecule has 1 N–H and O–H groups in total. The Kier molecular flexibility index (Phi) is 5.87. The van der Waals surface area contributed by atoms with E-state index in [9.17, 15) is 14.9 Å². The molecule has 0 saturated heterocycles. The highest BCUT2D eigenvalue weighted by molar-refractivity contribution is 9.10. The zero-order valence-electron chi connectivity index (χ0n) is 13.3. The van der Waals surface area contributed by atoms with Gasteiger partial charge in [0, 0.05) is 22.7 Å². The van der Waals surface area contributed by atoms with E-state index in [-0.39, 0.29) is 11.6 Å². The van der Waals surface area contributed by atoms with Crippen LogP contribution in [0.2, 0.25) is 0 Å². The van der Waals surface area contributed by atoms with E-state index in [4.69, 9.17) is 0 Å². The van der Waals surface area contributed by atoms with Crippen molar-refractivity contribution in [3.8, 4) is 0 Å². The normalized spacial score (nSPS) is 11.0. The van der Waals surface area contributed by atoms with E-state index in [1.165, 1.54) is 29.8 Å². The van der Waals surface area contributed by atoms with Crippen molar-refractivity contribution in [2.75, 3.05) is 5.32 Å². The number of halogens is 1. The second-order valence-electron chi connectivity index (χ2n) is 5.57. The zero-order chi connectivity index (χ0) is 17.7. The molecule has 0 aliphatic rings. The van der Waals surface area contributed by atoms with Crippen molar-refractivity contribution in [2.45, 2.75) is 19.8 Å². The van der Waals surface area contributed by atoms with Crippen LogP contribution in [-0.4, -0.2) is 10.8 Å². The lowest BCUT2D eigenvalue weighted by Crippen LogP contribution is -2.08. The van der Waals surface area contributed by atoms with Crippen LogP contribution < -0.4 is 5.32 Å². The van der Waals surface area contributed by atoms with Gasteiger partial charge in [0.25, 0.3) is 5.69 Å². The molecule has 0 unspecified atom stereocenters. The first-order chi connectivity index (χ1) is 11.4. The van der Waals surface area contributed by atoms with Crippen LogP contribution in [0.25, 0.3) is 6.08 Å². The highest BCUT2D eigenvalue weighted by Crippen LogP contribution is 2.27. The van der Waals surface area contributed by atoms with Gasteiger partial charge in [-0.15, -0.1) is 0 Å². The van der Waals surface area contributed by atoms with Crippen molar-refractivity contribution < 1.29 is 9.72 Å². The molecule has 6 heteroatoms. The smallest absolute Gasteiger partial charge is 0.271 e. The lowest BCUT2D eigenvalue weighted by Gasteiger charge is -2.06. The Hall–Kier alpha value is -2.47. The van der Waals surface area contributed by atoms with Crippen LogP contribution in [0, 0.1) is 10.1 Å². The lowest BCUT2D eigenvalue weighted by molar-refractivity contribution is -0.384. The number of non-ortho nitro benzene ring substituents is 1. The number of rotatable bonds is 5. The molecule has 0 heterocycles. The number of nitrogens with one attached hydrogen (secondary N) is 1. The summed E-state index contributed by atoms with van der Waals surface area (Å²) in [4.78, 5) is 22.3. The summed E-state index contributed by atoms with van der Waals surface area (Å²) in [5, 5.41) is 13.4. The van der Waals surface area contributed by atoms with Crippen LogP contribution in [0.5, 0.6) is 0 Å². The third kappa shape index (κ3) is 4.76. The summed E-state index contributed by atoms with van der Waals surface area (Å²) in [6.45, 7) is 4.24. The highest BCUT2D eigenvalue weighted by Gasteiger charge is 2.10. The summed E-state index contributed by atoms with van der Waals surface area (Å²) in [5.74, 6) is 0.0988. The molecule has 2 aromatic carbocycles. The molecule has 0 fully saturated rings. The number of benzene rings is 2. The minimum absolute atomic E-state index is 0.0817. The Morgan fingerprint density at radius 3 is 2.46 bits per heavy atom. The number of carbonyl (C=O) groups excluding carboxylic acids is 1. The van der Waals surface area contributed by atoms with Gasteiger partial charge in [0.05, 0.1) is 10.6 Å². The van der Waals surface area contributed by atoms with Crippen molar-refractivity contribution in [3.63, 3.8) is 0 Å². The highest BCUT2D eigenvalue weighted by atomic mass is 79.9. The number of nitro benzene ring substituents is 1. The van der Waals surface area contributed by atoms with Crippen LogP contribution in [0.3, 0.4) is 0 Å². The summed E-state index contributed by atoms with van der Waals surface area (Å²) < 4.78 is 0.580. The van der Waals surface area contributed by atoms with Crippen LogP contribution in [0.15, 0.2) is 53.0 Å². The monoisotopic (exact) mass is 388 g/mol. The molecule has 0 radical (unpaired) electrons. The molecule has 0 aliphatic heterocycles. The summed E-state index contributed by atoms with van der Waals surface area (Å²) >= 11 is 3.26. The first kappa shape index (κ1) is 17.9. The third-order valence-electron chi connectivity index (χ3n) is 3.45. The van der Waals surface area contributed by atoms with Crippen LogP contribution in [0.1, 0.15) is 30.9 Å². The fraction of sp³-hybridized carbons (Fsp3) is 0.167. The average Bonchev–Trinajstić information content (AvgIpc) is 2.55. The van der Waals surface area contributed by atoms with Gasteiger partial charge in [0.15, 0.2) is 0 Å². The van der Waals surface area contributed by atoms with E-state index >= 15 is 0 Å². The molecule has 0 bridgehead atoms. The maximum absolute atomic E-state index is 12.0. The first-order valence-electron chi connectivity index (χ1n) is 7.40. The lowest BCUT2D eigenvalue weighted by atomic mass is 10.0. The molecule has 0 aromatic heterocycles. The molecule has 0 saturated carbocycles. The van der Waals surface area contributed by atoms with Crippen molar-refractivity contribution in [1.29, 1.82) is 0 Å². The maximum atomic E-state index is 12.0. The molecule has 0 atom stereocenters. The molecule has 2 rings (SSSR count). The Morgan fingerprint density at radius 1 is 1.21 bits per heavy atom. The quantitative estimate of drug-likeness (QED) is 0.438. The number of hydrogen-bond acceptors (Lipinski definition) is 3. The van der Waals surface area contributed by atoms with Gasteiger partial charge in [-0.3, -0.25) is 14.9 Å². The molecule has 2 aromatic rings. The van der Waals surface area contributed by atoms with E-state index in [0.717, 1.165) is 5.56 Å². The number of carbonyl (C=O) groups is 1. The molecule has 5 nitrogen and oxygen atoms in total. The van der Waals surface area contributed by atoms with Crippen molar-refractivity contribution in [3.05, 3.63) is 74.3 Å². The van der Waals surface area contributed by atoms with Gasteiger partial charge in [-0.2, -0.15) is 0 Å². The molecule has 0 aliphatic carbocycles. The minimum atomic E-state index is -0.506. The topological polar surface area (TPSA) is 72.2 Å². The number of nitro groups is 1. The summed E-state index contributed by atoms with van der Waals surface area (Å²) in [7, 11) is 0. The molecular weight excluding hydrogens is 372 g/mol. The number of hydrogen-bond donors (Lipinski definition) is 1. The average molecular weight is 389 g/mol. The van der Waals surface area contributed by atoms with E-state index in [1.807, 2.05) is 24.3 Å². The van der Waals surface area contributed by atoms with Gasteiger partial charge in [-0.05, 0) is 45.1 Å². The second kappa shape index (κ2) is 7.88. The molecule has 124 valence electrons. The van der Waals surface area contributed by atoms with Gasteiger partial charge in [0.1, 0.15) is 0 Å². The summed E-state index contributed by atoms with van der Waals surface area (Å²) in [6, 6.07) is 12.2. The Morgan fingerprint density at radius 2 is 1.88 bits per heavy atom. The van der Waals surface area contributed by atoms with Gasteiger partial charge < -0.3 is 5.32 Å². The Labute approximate surface area is 148 Å². The second-order valence-corrected chi connectivity index (χ2v) is 6.42. The molecule has 24 heavy (non-hydrogen) atoms. The zero-order valence-corrected chi connectivity index (χ0v) is 14.9. The maximum Gasteiger partial charge on any atom is 0.271 e. The van der Waals surface area contributed by atoms with Gasteiger partial charge in [-0.25, -0.2) is 0 Å². The number of nitrogens with zero attached hydrogens (tertiary/aromatic N) is 1. The molecular formula is C18H17BrN2O3. The fourth-order valence-corrected chi connectivity index (χ4v) is 2.41. The van der Waals surface area contributed by atoms with E-state index in [0.29, 0.717) is 16.1 Å². The predicted molar refractivity (Wildman–Crippen MR) is 99.0 cm³/mol. The summed E-state index contributed by atoms with van der Waals surface area (Å²) in [5.41, 5.74) is 2.42. The van der Waals surface area contributed by atoms with E-state index < -0.39 is 4.92 Å². The fourth-order valence-electron chi connectivity index (χ4n) is 2.06. The number of amides is 1. The Bertz CT molecular complexity index is 783. The van der Waals surface area contributed by atoms with Crippen molar-refractivity contribution >= 4 is 39.3 Å². The standard InChI is InChI=1S/C18H17BrN2O3/c1-12(2)14-6-3-13(4-7-14)5-10-18(22)20-17-11-15(21(23)24)8-9-16(17)19/h3-12H,1-2H3,(H,20,22)/b10-5+. The van der Waals surface area contributed by atoms with Crippen LogP contribution in [0.4, 0.5) is 11.4 Å².